The normalized spacial score (nSPS) is 29.2. The highest BCUT2D eigenvalue weighted by Gasteiger charge is 2.50. The minimum Gasteiger partial charge on any atom is -0.467 e. The monoisotopic (exact) mass is 403 g/mol. The lowest BCUT2D eigenvalue weighted by Crippen LogP contribution is -2.65. The van der Waals surface area contributed by atoms with Gasteiger partial charge in [0, 0.05) is 38.6 Å². The number of aromatic nitrogens is 3. The van der Waals surface area contributed by atoms with Crippen LogP contribution in [0.1, 0.15) is 63.0 Å². The van der Waals surface area contributed by atoms with Crippen LogP contribution in [0.15, 0.2) is 0 Å². The third kappa shape index (κ3) is 3.73. The number of hydrogen-bond acceptors (Lipinski definition) is 5. The number of rotatable bonds is 5. The molecule has 160 valence electrons. The van der Waals surface area contributed by atoms with Crippen molar-refractivity contribution in [3.8, 4) is 6.01 Å². The molecule has 2 bridgehead atoms. The first-order valence-corrected chi connectivity index (χ1v) is 10.9. The smallest absolute Gasteiger partial charge is 0.314 e. The molecule has 3 aliphatic rings. The second kappa shape index (κ2) is 7.95. The standard InChI is InChI=1S/C21H33N5O3/c1-13(2)8-9-17-15-10-14(16-6-5-7-18(27)26(16)17)11-25(12-15)20(28)19-22-21(29-4)24(3)23-19/h13-17H,5-12H2,1-4H3/t14-,15+,16+,17+/m1/s1. The average molecular weight is 404 g/mol. The summed E-state index contributed by atoms with van der Waals surface area (Å²) >= 11 is 0. The maximum absolute atomic E-state index is 13.2. The van der Waals surface area contributed by atoms with Crippen LogP contribution in [0.4, 0.5) is 0 Å². The Hall–Kier alpha value is -2.12. The van der Waals surface area contributed by atoms with E-state index in [4.69, 9.17) is 4.74 Å². The van der Waals surface area contributed by atoms with Crippen molar-refractivity contribution >= 4 is 11.8 Å². The summed E-state index contributed by atoms with van der Waals surface area (Å²) in [6.45, 7) is 5.83. The van der Waals surface area contributed by atoms with Crippen LogP contribution in [-0.4, -0.2) is 68.7 Å². The molecule has 3 aliphatic heterocycles. The molecule has 4 atom stereocenters. The predicted octanol–water partition coefficient (Wildman–Crippen LogP) is 2.10. The SMILES string of the molecule is COc1nc(C(=O)N2C[C@H]3C[C@@H](C2)[C@H](CCC(C)C)N2C(=O)CCC[C@@H]32)nn1C. The molecule has 1 aromatic rings. The fraction of sp³-hybridized carbons (Fsp3) is 0.810. The van der Waals surface area contributed by atoms with Gasteiger partial charge in [0.05, 0.1) is 7.11 Å². The number of hydrogen-bond donors (Lipinski definition) is 0. The molecule has 0 unspecified atom stereocenters. The lowest BCUT2D eigenvalue weighted by atomic mass is 9.70. The maximum Gasteiger partial charge on any atom is 0.314 e. The van der Waals surface area contributed by atoms with Crippen LogP contribution in [0.25, 0.3) is 0 Å². The molecule has 8 heteroatoms. The average Bonchev–Trinajstić information content (AvgIpc) is 3.08. The summed E-state index contributed by atoms with van der Waals surface area (Å²) in [5.74, 6) is 1.68. The quantitative estimate of drug-likeness (QED) is 0.752. The van der Waals surface area contributed by atoms with E-state index in [9.17, 15) is 9.59 Å². The van der Waals surface area contributed by atoms with Crippen LogP contribution in [0.2, 0.25) is 0 Å². The molecule has 0 N–H and O–H groups in total. The highest BCUT2D eigenvalue weighted by molar-refractivity contribution is 5.90. The third-order valence-corrected chi connectivity index (χ3v) is 6.92. The summed E-state index contributed by atoms with van der Waals surface area (Å²) in [6.07, 6.45) is 5.93. The fourth-order valence-electron chi connectivity index (χ4n) is 5.60. The Kier molecular flexibility index (Phi) is 5.53. The zero-order chi connectivity index (χ0) is 20.7. The van der Waals surface area contributed by atoms with E-state index >= 15 is 0 Å². The Bertz CT molecular complexity index is 776. The molecular formula is C21H33N5O3. The lowest BCUT2D eigenvalue weighted by molar-refractivity contribution is -0.152. The molecule has 3 fully saturated rings. The van der Waals surface area contributed by atoms with Crippen molar-refractivity contribution in [3.05, 3.63) is 5.82 Å². The van der Waals surface area contributed by atoms with E-state index in [2.05, 4.69) is 28.8 Å². The number of carbonyl (C=O) groups is 2. The van der Waals surface area contributed by atoms with Crippen LogP contribution in [0, 0.1) is 17.8 Å². The number of ether oxygens (including phenoxy) is 1. The van der Waals surface area contributed by atoms with E-state index in [0.29, 0.717) is 49.2 Å². The molecule has 4 heterocycles. The van der Waals surface area contributed by atoms with Gasteiger partial charge in [-0.1, -0.05) is 13.8 Å². The number of carbonyl (C=O) groups excluding carboxylic acids is 2. The molecule has 8 nitrogen and oxygen atoms in total. The van der Waals surface area contributed by atoms with E-state index in [0.717, 1.165) is 32.1 Å². The van der Waals surface area contributed by atoms with E-state index in [1.165, 1.54) is 11.8 Å². The van der Waals surface area contributed by atoms with Crippen molar-refractivity contribution in [2.75, 3.05) is 20.2 Å². The summed E-state index contributed by atoms with van der Waals surface area (Å²) in [5, 5.41) is 4.25. The number of nitrogens with zero attached hydrogens (tertiary/aromatic N) is 5. The molecule has 29 heavy (non-hydrogen) atoms. The number of likely N-dealkylation sites (tertiary alicyclic amines) is 1. The Balaban J connectivity index is 1.57. The van der Waals surface area contributed by atoms with Crippen molar-refractivity contribution in [3.63, 3.8) is 0 Å². The number of piperidine rings is 3. The Morgan fingerprint density at radius 2 is 2.03 bits per heavy atom. The zero-order valence-corrected chi connectivity index (χ0v) is 18.0. The van der Waals surface area contributed by atoms with Gasteiger partial charge in [-0.15, -0.1) is 5.10 Å². The highest BCUT2D eigenvalue weighted by atomic mass is 16.5. The first-order chi connectivity index (χ1) is 13.9. The van der Waals surface area contributed by atoms with Gasteiger partial charge in [-0.2, -0.15) is 4.98 Å². The minimum absolute atomic E-state index is 0.128. The lowest BCUT2D eigenvalue weighted by Gasteiger charge is -2.56. The van der Waals surface area contributed by atoms with Crippen molar-refractivity contribution in [1.82, 2.24) is 24.6 Å². The number of fused-ring (bicyclic) bond motifs is 4. The van der Waals surface area contributed by atoms with Gasteiger partial charge in [-0.05, 0) is 49.9 Å². The van der Waals surface area contributed by atoms with Crippen LogP contribution in [-0.2, 0) is 11.8 Å². The van der Waals surface area contributed by atoms with E-state index in [-0.39, 0.29) is 23.8 Å². The molecule has 0 saturated carbocycles. The summed E-state index contributed by atoms with van der Waals surface area (Å²) < 4.78 is 6.66. The zero-order valence-electron chi connectivity index (χ0n) is 18.0. The van der Waals surface area contributed by atoms with Crippen molar-refractivity contribution in [2.24, 2.45) is 24.8 Å². The van der Waals surface area contributed by atoms with Gasteiger partial charge in [-0.25, -0.2) is 4.68 Å². The summed E-state index contributed by atoms with van der Waals surface area (Å²) in [5.41, 5.74) is 0. The topological polar surface area (TPSA) is 80.6 Å². The molecule has 1 aromatic heterocycles. The van der Waals surface area contributed by atoms with Gasteiger partial charge in [0.15, 0.2) is 0 Å². The van der Waals surface area contributed by atoms with Crippen LogP contribution >= 0.6 is 0 Å². The number of methoxy groups -OCH3 is 1. The van der Waals surface area contributed by atoms with Crippen molar-refractivity contribution in [1.29, 1.82) is 0 Å². The Labute approximate surface area is 172 Å². The van der Waals surface area contributed by atoms with E-state index in [1.807, 2.05) is 4.90 Å². The second-order valence-corrected chi connectivity index (χ2v) is 9.31. The number of aryl methyl sites for hydroxylation is 1. The van der Waals surface area contributed by atoms with Gasteiger partial charge in [0.2, 0.25) is 11.7 Å². The molecule has 3 saturated heterocycles. The first kappa shape index (κ1) is 20.2. The van der Waals surface area contributed by atoms with Gasteiger partial charge in [0.1, 0.15) is 0 Å². The summed E-state index contributed by atoms with van der Waals surface area (Å²) in [6, 6.07) is 0.851. The number of amides is 2. The summed E-state index contributed by atoms with van der Waals surface area (Å²) in [7, 11) is 3.25. The second-order valence-electron chi connectivity index (χ2n) is 9.31. The van der Waals surface area contributed by atoms with Gasteiger partial charge in [-0.3, -0.25) is 9.59 Å². The maximum atomic E-state index is 13.2. The van der Waals surface area contributed by atoms with Crippen LogP contribution in [0.3, 0.4) is 0 Å². The van der Waals surface area contributed by atoms with Crippen LogP contribution in [0.5, 0.6) is 6.01 Å². The third-order valence-electron chi connectivity index (χ3n) is 6.92. The predicted molar refractivity (Wildman–Crippen MR) is 107 cm³/mol. The molecule has 0 radical (unpaired) electrons. The highest BCUT2D eigenvalue weighted by Crippen LogP contribution is 2.43. The minimum atomic E-state index is -0.128. The van der Waals surface area contributed by atoms with E-state index in [1.54, 1.807) is 7.05 Å². The Morgan fingerprint density at radius 1 is 1.28 bits per heavy atom. The molecule has 4 rings (SSSR count). The van der Waals surface area contributed by atoms with Gasteiger partial charge in [0.25, 0.3) is 5.91 Å². The first-order valence-electron chi connectivity index (χ1n) is 10.9. The molecular weight excluding hydrogens is 370 g/mol. The van der Waals surface area contributed by atoms with E-state index < -0.39 is 0 Å². The molecule has 0 aliphatic carbocycles. The largest absolute Gasteiger partial charge is 0.467 e. The fourth-order valence-corrected chi connectivity index (χ4v) is 5.60. The van der Waals surface area contributed by atoms with Gasteiger partial charge < -0.3 is 14.5 Å². The van der Waals surface area contributed by atoms with Crippen molar-refractivity contribution < 1.29 is 14.3 Å². The van der Waals surface area contributed by atoms with Gasteiger partial charge >= 0.3 is 6.01 Å². The Morgan fingerprint density at radius 3 is 2.72 bits per heavy atom. The van der Waals surface area contributed by atoms with Crippen LogP contribution < -0.4 is 4.74 Å². The van der Waals surface area contributed by atoms with Crippen molar-refractivity contribution in [2.45, 2.75) is 64.5 Å². The summed E-state index contributed by atoms with van der Waals surface area (Å²) in [4.78, 5) is 34.4. The molecule has 0 aromatic carbocycles. The molecule has 0 spiro atoms. The molecule has 2 amide bonds.